The molecule has 7 heteroatoms. The van der Waals surface area contributed by atoms with Crippen molar-refractivity contribution < 1.29 is 14.4 Å². The summed E-state index contributed by atoms with van der Waals surface area (Å²) >= 11 is 6.17. The summed E-state index contributed by atoms with van der Waals surface area (Å²) in [6, 6.07) is 9.35. The van der Waals surface area contributed by atoms with Gasteiger partial charge in [-0.1, -0.05) is 49.4 Å². The Kier molecular flexibility index (Phi) is 5.13. The number of carbonyl (C=O) groups is 3. The number of Topliss-reactive ketones (excluding diaryl/α,β-unsaturated/α-hetero) is 1. The molecule has 1 N–H and O–H groups in total. The summed E-state index contributed by atoms with van der Waals surface area (Å²) in [6.45, 7) is 0. The number of benzene rings is 1. The molecule has 1 aromatic carbocycles. The fraction of sp³-hybridized carbons (Fsp3) is 0.333. The van der Waals surface area contributed by atoms with Gasteiger partial charge in [-0.15, -0.1) is 0 Å². The molecule has 1 atom stereocenters. The topological polar surface area (TPSA) is 79.4 Å². The number of fused-ring (bicyclic) bond motifs is 1. The van der Waals surface area contributed by atoms with Crippen molar-refractivity contribution in [1.82, 2.24) is 4.98 Å². The van der Waals surface area contributed by atoms with Crippen LogP contribution in [-0.4, -0.2) is 28.6 Å². The zero-order valence-electron chi connectivity index (χ0n) is 15.2. The minimum atomic E-state index is -0.790. The van der Waals surface area contributed by atoms with Gasteiger partial charge in [-0.25, -0.2) is 4.98 Å². The van der Waals surface area contributed by atoms with Gasteiger partial charge >= 0.3 is 0 Å². The summed E-state index contributed by atoms with van der Waals surface area (Å²) in [7, 11) is 0. The fourth-order valence-electron chi connectivity index (χ4n) is 4.11. The molecule has 0 bridgehead atoms. The van der Waals surface area contributed by atoms with Crippen LogP contribution >= 0.6 is 11.6 Å². The SMILES string of the molecule is O=C1C(=O)N(C(CC2CCCC2)C(=O)Nc2ccccn2)c2cccc(Cl)c21. The molecular weight excluding hydrogens is 378 g/mol. The number of rotatable bonds is 5. The van der Waals surface area contributed by atoms with Crippen LogP contribution in [0.25, 0.3) is 0 Å². The van der Waals surface area contributed by atoms with Crippen molar-refractivity contribution >= 4 is 40.7 Å². The third-order valence-corrected chi connectivity index (χ3v) is 5.77. The minimum absolute atomic E-state index is 0.177. The molecule has 28 heavy (non-hydrogen) atoms. The molecule has 0 saturated heterocycles. The first-order valence-corrected chi connectivity index (χ1v) is 9.82. The molecule has 4 rings (SSSR count). The van der Waals surface area contributed by atoms with Gasteiger partial charge in [0.1, 0.15) is 11.9 Å². The van der Waals surface area contributed by atoms with E-state index in [4.69, 9.17) is 11.6 Å². The molecule has 0 radical (unpaired) electrons. The van der Waals surface area contributed by atoms with Gasteiger partial charge in [-0.2, -0.15) is 0 Å². The van der Waals surface area contributed by atoms with Crippen molar-refractivity contribution in [3.05, 3.63) is 53.2 Å². The molecule has 1 saturated carbocycles. The Morgan fingerprint density at radius 3 is 2.68 bits per heavy atom. The zero-order chi connectivity index (χ0) is 19.7. The maximum Gasteiger partial charge on any atom is 0.300 e. The number of halogens is 1. The van der Waals surface area contributed by atoms with E-state index in [-0.39, 0.29) is 16.5 Å². The van der Waals surface area contributed by atoms with Crippen LogP contribution in [0.5, 0.6) is 0 Å². The predicted octanol–water partition coefficient (Wildman–Crippen LogP) is 3.85. The number of amides is 2. The number of carbonyl (C=O) groups excluding carboxylic acids is 3. The maximum atomic E-state index is 13.1. The second-order valence-corrected chi connectivity index (χ2v) is 7.65. The van der Waals surface area contributed by atoms with Crippen LogP contribution in [0, 0.1) is 5.92 Å². The highest BCUT2D eigenvalue weighted by Gasteiger charge is 2.44. The van der Waals surface area contributed by atoms with Crippen LogP contribution in [0.3, 0.4) is 0 Å². The predicted molar refractivity (Wildman–Crippen MR) is 106 cm³/mol. The Morgan fingerprint density at radius 1 is 1.18 bits per heavy atom. The van der Waals surface area contributed by atoms with E-state index in [9.17, 15) is 14.4 Å². The van der Waals surface area contributed by atoms with Gasteiger partial charge < -0.3 is 5.32 Å². The van der Waals surface area contributed by atoms with E-state index in [0.29, 0.717) is 23.8 Å². The summed E-state index contributed by atoms with van der Waals surface area (Å²) in [5.41, 5.74) is 0.581. The van der Waals surface area contributed by atoms with Crippen LogP contribution in [0.2, 0.25) is 5.02 Å². The van der Waals surface area contributed by atoms with Gasteiger partial charge in [0.2, 0.25) is 5.91 Å². The normalized spacial score (nSPS) is 17.7. The molecule has 2 heterocycles. The first-order valence-electron chi connectivity index (χ1n) is 9.44. The smallest absolute Gasteiger partial charge is 0.300 e. The van der Waals surface area contributed by atoms with Crippen molar-refractivity contribution in [1.29, 1.82) is 0 Å². The average molecular weight is 398 g/mol. The Morgan fingerprint density at radius 2 is 1.96 bits per heavy atom. The van der Waals surface area contributed by atoms with Gasteiger partial charge in [0.05, 0.1) is 16.3 Å². The van der Waals surface area contributed by atoms with E-state index in [1.165, 1.54) is 4.90 Å². The summed E-state index contributed by atoms with van der Waals surface area (Å²) in [6.07, 6.45) is 6.37. The van der Waals surface area contributed by atoms with E-state index in [1.807, 2.05) is 0 Å². The number of ketones is 1. The van der Waals surface area contributed by atoms with Crippen LogP contribution in [0.1, 0.15) is 42.5 Å². The number of pyridine rings is 1. The number of hydrogen-bond acceptors (Lipinski definition) is 4. The Balaban J connectivity index is 1.69. The molecule has 0 spiro atoms. The first-order chi connectivity index (χ1) is 13.6. The molecule has 2 aliphatic rings. The van der Waals surface area contributed by atoms with Gasteiger partial charge in [0.15, 0.2) is 0 Å². The molecular formula is C21H20ClN3O3. The molecule has 1 aromatic heterocycles. The van der Waals surface area contributed by atoms with Crippen LogP contribution in [0.4, 0.5) is 11.5 Å². The van der Waals surface area contributed by atoms with Gasteiger partial charge in [-0.05, 0) is 36.6 Å². The van der Waals surface area contributed by atoms with Crippen molar-refractivity contribution in [3.8, 4) is 0 Å². The lowest BCUT2D eigenvalue weighted by Crippen LogP contribution is -2.48. The van der Waals surface area contributed by atoms with Gasteiger partial charge in [-0.3, -0.25) is 19.3 Å². The molecule has 6 nitrogen and oxygen atoms in total. The second kappa shape index (κ2) is 7.72. The number of aromatic nitrogens is 1. The molecule has 2 aromatic rings. The van der Waals surface area contributed by atoms with E-state index >= 15 is 0 Å². The molecule has 1 fully saturated rings. The third-order valence-electron chi connectivity index (χ3n) is 5.45. The Bertz CT molecular complexity index is 926. The van der Waals surface area contributed by atoms with Gasteiger partial charge in [0, 0.05) is 6.20 Å². The molecule has 1 aliphatic carbocycles. The monoisotopic (exact) mass is 397 g/mol. The lowest BCUT2D eigenvalue weighted by Gasteiger charge is -2.29. The van der Waals surface area contributed by atoms with Crippen molar-refractivity contribution in [2.45, 2.75) is 38.1 Å². The van der Waals surface area contributed by atoms with Crippen LogP contribution in [0.15, 0.2) is 42.6 Å². The summed E-state index contributed by atoms with van der Waals surface area (Å²) in [4.78, 5) is 43.9. The molecule has 1 unspecified atom stereocenters. The molecule has 144 valence electrons. The van der Waals surface area contributed by atoms with Crippen molar-refractivity contribution in [2.75, 3.05) is 10.2 Å². The zero-order valence-corrected chi connectivity index (χ0v) is 16.0. The van der Waals surface area contributed by atoms with E-state index in [1.54, 1.807) is 42.6 Å². The van der Waals surface area contributed by atoms with E-state index in [0.717, 1.165) is 25.7 Å². The largest absolute Gasteiger partial charge is 0.309 e. The number of hydrogen-bond donors (Lipinski definition) is 1. The summed E-state index contributed by atoms with van der Waals surface area (Å²) < 4.78 is 0. The molecule has 1 aliphatic heterocycles. The van der Waals surface area contributed by atoms with Crippen LogP contribution in [-0.2, 0) is 9.59 Å². The van der Waals surface area contributed by atoms with Gasteiger partial charge in [0.25, 0.3) is 11.7 Å². The summed E-state index contributed by atoms with van der Waals surface area (Å²) in [5.74, 6) is -0.969. The summed E-state index contributed by atoms with van der Waals surface area (Å²) in [5, 5.41) is 3.01. The highest BCUT2D eigenvalue weighted by Crippen LogP contribution is 2.38. The number of nitrogens with zero attached hydrogens (tertiary/aromatic N) is 2. The standard InChI is InChI=1S/C21H20ClN3O3/c22-14-8-5-9-15-18(14)19(26)21(28)25(15)16(12-13-6-1-2-7-13)20(27)24-17-10-3-4-11-23-17/h3-5,8-11,13,16H,1-2,6-7,12H2,(H,23,24,27). The number of nitrogens with one attached hydrogen (secondary N) is 1. The average Bonchev–Trinajstić information content (AvgIpc) is 3.29. The highest BCUT2D eigenvalue weighted by molar-refractivity contribution is 6.55. The molecule has 2 amide bonds. The third kappa shape index (κ3) is 3.40. The highest BCUT2D eigenvalue weighted by atomic mass is 35.5. The Hall–Kier alpha value is -2.73. The lowest BCUT2D eigenvalue weighted by atomic mass is 9.96. The van der Waals surface area contributed by atoms with E-state index < -0.39 is 17.7 Å². The van der Waals surface area contributed by atoms with Crippen LogP contribution < -0.4 is 10.2 Å². The van der Waals surface area contributed by atoms with E-state index in [2.05, 4.69) is 10.3 Å². The maximum absolute atomic E-state index is 13.1. The Labute approximate surface area is 167 Å². The minimum Gasteiger partial charge on any atom is -0.309 e. The second-order valence-electron chi connectivity index (χ2n) is 7.24. The number of anilines is 2. The first kappa shape index (κ1) is 18.6. The van der Waals surface area contributed by atoms with Crippen molar-refractivity contribution in [3.63, 3.8) is 0 Å². The quantitative estimate of drug-likeness (QED) is 0.777. The fourth-order valence-corrected chi connectivity index (χ4v) is 4.37. The van der Waals surface area contributed by atoms with Crippen molar-refractivity contribution in [2.24, 2.45) is 5.92 Å². The lowest BCUT2D eigenvalue weighted by molar-refractivity contribution is -0.121.